The van der Waals surface area contributed by atoms with Crippen molar-refractivity contribution in [2.45, 2.75) is 42.6 Å². The van der Waals surface area contributed by atoms with Crippen molar-refractivity contribution in [2.75, 3.05) is 0 Å². The van der Waals surface area contributed by atoms with Gasteiger partial charge in [0.15, 0.2) is 0 Å². The second-order valence-corrected chi connectivity index (χ2v) is 7.66. The Kier molecular flexibility index (Phi) is 3.36. The summed E-state index contributed by atoms with van der Waals surface area (Å²) in [6.45, 7) is 1.92. The zero-order valence-electron chi connectivity index (χ0n) is 10.8. The van der Waals surface area contributed by atoms with Gasteiger partial charge in [-0.05, 0) is 44.2 Å². The largest absolute Gasteiger partial charge is 0.297 e. The minimum Gasteiger partial charge on any atom is -0.263 e. The maximum Gasteiger partial charge on any atom is 0.297 e. The Hall–Kier alpha value is -0.580. The number of hydrogen-bond donors (Lipinski definition) is 0. The number of aryl methyl sites for hydroxylation is 1. The fourth-order valence-electron chi connectivity index (χ4n) is 3.22. The van der Waals surface area contributed by atoms with Crippen molar-refractivity contribution in [3.8, 4) is 0 Å². The Balaban J connectivity index is 1.78. The Labute approximate surface area is 119 Å². The monoisotopic (exact) mass is 300 g/mol. The summed E-state index contributed by atoms with van der Waals surface area (Å²) >= 11 is 6.29. The van der Waals surface area contributed by atoms with Crippen LogP contribution in [-0.2, 0) is 14.3 Å². The quantitative estimate of drug-likeness (QED) is 0.636. The summed E-state index contributed by atoms with van der Waals surface area (Å²) in [6, 6.07) is 6.74. The Morgan fingerprint density at radius 2 is 1.89 bits per heavy atom. The number of alkyl halides is 1. The fourth-order valence-corrected chi connectivity index (χ4v) is 4.86. The molecule has 2 saturated carbocycles. The summed E-state index contributed by atoms with van der Waals surface area (Å²) < 4.78 is 29.9. The lowest BCUT2D eigenvalue weighted by Gasteiger charge is -2.21. The first-order valence-electron chi connectivity index (χ1n) is 6.61. The highest BCUT2D eigenvalue weighted by molar-refractivity contribution is 7.86. The molecule has 19 heavy (non-hydrogen) atoms. The molecule has 2 bridgehead atoms. The summed E-state index contributed by atoms with van der Waals surface area (Å²) in [5, 5.41) is 0.0817. The van der Waals surface area contributed by atoms with E-state index in [9.17, 15) is 8.42 Å². The van der Waals surface area contributed by atoms with E-state index in [0.717, 1.165) is 24.8 Å². The van der Waals surface area contributed by atoms with Gasteiger partial charge in [0.25, 0.3) is 10.1 Å². The van der Waals surface area contributed by atoms with E-state index in [2.05, 4.69) is 0 Å². The molecular formula is C14H17ClO3S. The molecule has 0 saturated heterocycles. The van der Waals surface area contributed by atoms with Gasteiger partial charge in [-0.15, -0.1) is 11.6 Å². The van der Waals surface area contributed by atoms with Gasteiger partial charge in [0.1, 0.15) is 0 Å². The minimum atomic E-state index is -3.66. The van der Waals surface area contributed by atoms with Crippen molar-refractivity contribution >= 4 is 21.7 Å². The Morgan fingerprint density at radius 1 is 1.21 bits per heavy atom. The van der Waals surface area contributed by atoms with Crippen molar-refractivity contribution in [1.29, 1.82) is 0 Å². The van der Waals surface area contributed by atoms with E-state index in [-0.39, 0.29) is 22.3 Å². The molecule has 5 heteroatoms. The van der Waals surface area contributed by atoms with E-state index in [1.165, 1.54) is 0 Å². The highest BCUT2D eigenvalue weighted by atomic mass is 35.5. The van der Waals surface area contributed by atoms with Crippen LogP contribution < -0.4 is 0 Å². The van der Waals surface area contributed by atoms with Crippen LogP contribution in [0.2, 0.25) is 0 Å². The number of hydrogen-bond acceptors (Lipinski definition) is 3. The van der Waals surface area contributed by atoms with E-state index in [0.29, 0.717) is 5.92 Å². The molecule has 4 atom stereocenters. The van der Waals surface area contributed by atoms with Crippen LogP contribution in [0.25, 0.3) is 0 Å². The molecule has 0 unspecified atom stereocenters. The molecule has 3 nitrogen and oxygen atoms in total. The van der Waals surface area contributed by atoms with Crippen LogP contribution in [0, 0.1) is 18.8 Å². The smallest absolute Gasteiger partial charge is 0.263 e. The lowest BCUT2D eigenvalue weighted by atomic mass is 9.98. The second-order valence-electron chi connectivity index (χ2n) is 5.58. The van der Waals surface area contributed by atoms with Crippen LogP contribution >= 0.6 is 11.6 Å². The lowest BCUT2D eigenvalue weighted by Crippen LogP contribution is -2.25. The number of halogens is 1. The average Bonchev–Trinajstić information content (AvgIpc) is 2.84. The molecule has 0 N–H and O–H groups in total. The van der Waals surface area contributed by atoms with Gasteiger partial charge in [-0.1, -0.05) is 17.7 Å². The normalized spacial score (nSPS) is 33.8. The maximum atomic E-state index is 12.2. The van der Waals surface area contributed by atoms with Crippen molar-refractivity contribution < 1.29 is 12.6 Å². The molecule has 2 aliphatic carbocycles. The predicted octanol–water partition coefficient (Wildman–Crippen LogP) is 3.11. The summed E-state index contributed by atoms with van der Waals surface area (Å²) in [5.41, 5.74) is 1.03. The SMILES string of the molecule is Cc1ccc(S(=O)(=O)O[C@H]2C[C@@H]3CC[C@H]2[C@@H]3Cl)cc1. The molecule has 2 fully saturated rings. The van der Waals surface area contributed by atoms with E-state index in [4.69, 9.17) is 15.8 Å². The van der Waals surface area contributed by atoms with Crippen LogP contribution in [0.1, 0.15) is 24.8 Å². The minimum absolute atomic E-state index is 0.0817. The summed E-state index contributed by atoms with van der Waals surface area (Å²) in [4.78, 5) is 0.229. The van der Waals surface area contributed by atoms with Gasteiger partial charge in [-0.25, -0.2) is 0 Å². The van der Waals surface area contributed by atoms with E-state index in [1.807, 2.05) is 6.92 Å². The molecule has 1 aromatic carbocycles. The first-order chi connectivity index (χ1) is 8.97. The van der Waals surface area contributed by atoms with Crippen LogP contribution in [0.15, 0.2) is 29.2 Å². The zero-order chi connectivity index (χ0) is 13.6. The molecule has 0 aromatic heterocycles. The molecule has 0 radical (unpaired) electrons. The topological polar surface area (TPSA) is 43.4 Å². The number of benzene rings is 1. The molecule has 0 aliphatic heterocycles. The molecule has 2 aliphatic rings. The molecule has 0 heterocycles. The van der Waals surface area contributed by atoms with E-state index < -0.39 is 10.1 Å². The van der Waals surface area contributed by atoms with Crippen LogP contribution in [-0.4, -0.2) is 19.9 Å². The Bertz CT molecular complexity index is 567. The molecule has 3 rings (SSSR count). The maximum absolute atomic E-state index is 12.2. The third-order valence-electron chi connectivity index (χ3n) is 4.30. The molecule has 0 amide bonds. The highest BCUT2D eigenvalue weighted by Crippen LogP contribution is 2.49. The van der Waals surface area contributed by atoms with Gasteiger partial charge in [0, 0.05) is 11.3 Å². The molecule has 104 valence electrons. The van der Waals surface area contributed by atoms with Crippen LogP contribution in [0.3, 0.4) is 0 Å². The van der Waals surface area contributed by atoms with Gasteiger partial charge >= 0.3 is 0 Å². The van der Waals surface area contributed by atoms with Crippen molar-refractivity contribution in [3.05, 3.63) is 29.8 Å². The summed E-state index contributed by atoms with van der Waals surface area (Å²) in [5.74, 6) is 0.608. The fraction of sp³-hybridized carbons (Fsp3) is 0.571. The predicted molar refractivity (Wildman–Crippen MR) is 73.7 cm³/mol. The first-order valence-corrected chi connectivity index (χ1v) is 8.46. The average molecular weight is 301 g/mol. The van der Waals surface area contributed by atoms with Crippen LogP contribution in [0.5, 0.6) is 0 Å². The zero-order valence-corrected chi connectivity index (χ0v) is 12.3. The standard InChI is InChI=1S/C14H17ClO3S/c1-9-2-5-11(6-3-9)19(16,17)18-13-8-10-4-7-12(13)14(10)15/h2-3,5-6,10,12-14H,4,7-8H2,1H3/t10-,12+,13-,14+/m0/s1. The van der Waals surface area contributed by atoms with Gasteiger partial charge in [0.05, 0.1) is 11.0 Å². The third kappa shape index (κ3) is 2.41. The second kappa shape index (κ2) is 4.76. The van der Waals surface area contributed by atoms with Gasteiger partial charge < -0.3 is 0 Å². The van der Waals surface area contributed by atoms with Crippen LogP contribution in [0.4, 0.5) is 0 Å². The van der Waals surface area contributed by atoms with Crippen molar-refractivity contribution in [1.82, 2.24) is 0 Å². The number of fused-ring (bicyclic) bond motifs is 2. The first kappa shape index (κ1) is 13.4. The van der Waals surface area contributed by atoms with Crippen molar-refractivity contribution in [3.63, 3.8) is 0 Å². The van der Waals surface area contributed by atoms with Gasteiger partial charge in [0.2, 0.25) is 0 Å². The van der Waals surface area contributed by atoms with Crippen molar-refractivity contribution in [2.24, 2.45) is 11.8 Å². The summed E-state index contributed by atoms with van der Waals surface area (Å²) in [6.07, 6.45) is 2.60. The number of rotatable bonds is 3. The molecule has 0 spiro atoms. The lowest BCUT2D eigenvalue weighted by molar-refractivity contribution is 0.146. The molecule has 1 aromatic rings. The van der Waals surface area contributed by atoms with E-state index in [1.54, 1.807) is 24.3 Å². The van der Waals surface area contributed by atoms with Gasteiger partial charge in [-0.2, -0.15) is 8.42 Å². The molecular weight excluding hydrogens is 284 g/mol. The third-order valence-corrected chi connectivity index (χ3v) is 6.33. The highest BCUT2D eigenvalue weighted by Gasteiger charge is 2.49. The summed E-state index contributed by atoms with van der Waals surface area (Å²) in [7, 11) is -3.66. The van der Waals surface area contributed by atoms with E-state index >= 15 is 0 Å². The Morgan fingerprint density at radius 3 is 2.42 bits per heavy atom. The van der Waals surface area contributed by atoms with Gasteiger partial charge in [-0.3, -0.25) is 4.18 Å².